The zero-order valence-corrected chi connectivity index (χ0v) is 19.2. The number of alkyl halides is 1. The number of nitrogens with one attached hydrogen (secondary N) is 1. The third-order valence-corrected chi connectivity index (χ3v) is 4.44. The highest BCUT2D eigenvalue weighted by Crippen LogP contribution is 2.23. The molecule has 1 aliphatic heterocycles. The average Bonchev–Trinajstić information content (AvgIpc) is 3.00. The van der Waals surface area contributed by atoms with Gasteiger partial charge in [-0.1, -0.05) is 24.3 Å². The van der Waals surface area contributed by atoms with E-state index in [0.29, 0.717) is 0 Å². The van der Waals surface area contributed by atoms with E-state index in [0.717, 1.165) is 16.0 Å². The van der Waals surface area contributed by atoms with Gasteiger partial charge in [0.1, 0.15) is 23.4 Å². The smallest absolute Gasteiger partial charge is 0.411 e. The fraction of sp³-hybridized carbons (Fsp3) is 0.609. The second-order valence-electron chi connectivity index (χ2n) is 9.78. The highest BCUT2D eigenvalue weighted by atomic mass is 19.1. The first-order valence-electron chi connectivity index (χ1n) is 10.4. The Hall–Kier alpha value is -2.64. The van der Waals surface area contributed by atoms with Gasteiger partial charge in [-0.05, 0) is 52.7 Å². The van der Waals surface area contributed by atoms with Crippen LogP contribution in [0.2, 0.25) is 0 Å². The monoisotopic (exact) mass is 436 g/mol. The number of benzene rings is 1. The van der Waals surface area contributed by atoms with E-state index in [1.807, 2.05) is 20.8 Å². The summed E-state index contributed by atoms with van der Waals surface area (Å²) in [6, 6.07) is 6.30. The first-order valence-corrected chi connectivity index (χ1v) is 10.4. The van der Waals surface area contributed by atoms with Crippen LogP contribution in [-0.2, 0) is 32.0 Å². The topological polar surface area (TPSA) is 84.9 Å². The molecule has 1 saturated heterocycles. The second kappa shape index (κ2) is 9.66. The van der Waals surface area contributed by atoms with Crippen LogP contribution >= 0.6 is 0 Å². The fourth-order valence-corrected chi connectivity index (χ4v) is 3.18. The van der Waals surface area contributed by atoms with Crippen molar-refractivity contribution < 1.29 is 28.2 Å². The lowest BCUT2D eigenvalue weighted by atomic mass is 10.1. The SMILES string of the molecule is CC(C)(C)OC(=O)Cc1ccc(CNC(=O)[C@@H]2C[C@H](F)CN2C(=O)OC(C)(C)C)cc1. The summed E-state index contributed by atoms with van der Waals surface area (Å²) in [4.78, 5) is 38.0. The third kappa shape index (κ3) is 8.19. The van der Waals surface area contributed by atoms with Crippen LogP contribution in [-0.4, -0.2) is 52.8 Å². The summed E-state index contributed by atoms with van der Waals surface area (Å²) in [5, 5.41) is 2.75. The lowest BCUT2D eigenvalue weighted by Crippen LogP contribution is -2.47. The molecule has 2 atom stereocenters. The van der Waals surface area contributed by atoms with Crippen LogP contribution < -0.4 is 5.32 Å². The van der Waals surface area contributed by atoms with Crippen LogP contribution in [0.4, 0.5) is 9.18 Å². The average molecular weight is 437 g/mol. The van der Waals surface area contributed by atoms with Gasteiger partial charge in [0.15, 0.2) is 0 Å². The molecule has 1 aliphatic rings. The molecule has 0 radical (unpaired) electrons. The lowest BCUT2D eigenvalue weighted by molar-refractivity contribution is -0.153. The Morgan fingerprint density at radius 1 is 1.00 bits per heavy atom. The number of esters is 1. The van der Waals surface area contributed by atoms with Gasteiger partial charge in [0.05, 0.1) is 13.0 Å². The first-order chi connectivity index (χ1) is 14.2. The Kier molecular flexibility index (Phi) is 7.68. The maximum Gasteiger partial charge on any atom is 0.411 e. The number of ether oxygens (including phenoxy) is 2. The summed E-state index contributed by atoms with van der Waals surface area (Å²) in [6.45, 7) is 10.7. The van der Waals surface area contributed by atoms with E-state index in [-0.39, 0.29) is 31.9 Å². The Bertz CT molecular complexity index is 796. The summed E-state index contributed by atoms with van der Waals surface area (Å²) in [6.07, 6.45) is -1.86. The van der Waals surface area contributed by atoms with Crippen molar-refractivity contribution in [2.75, 3.05) is 6.54 Å². The normalized spacial score (nSPS) is 19.1. The third-order valence-electron chi connectivity index (χ3n) is 4.44. The summed E-state index contributed by atoms with van der Waals surface area (Å²) >= 11 is 0. The molecule has 0 spiro atoms. The lowest BCUT2D eigenvalue weighted by Gasteiger charge is -2.27. The highest BCUT2D eigenvalue weighted by Gasteiger charge is 2.41. The summed E-state index contributed by atoms with van der Waals surface area (Å²) in [7, 11) is 0. The molecule has 0 unspecified atom stereocenters. The Labute approximate surface area is 183 Å². The number of halogens is 1. The number of rotatable bonds is 5. The Balaban J connectivity index is 1.91. The predicted molar refractivity (Wildman–Crippen MR) is 114 cm³/mol. The van der Waals surface area contributed by atoms with Crippen molar-refractivity contribution in [1.82, 2.24) is 10.2 Å². The molecule has 31 heavy (non-hydrogen) atoms. The molecule has 1 fully saturated rings. The molecule has 0 bridgehead atoms. The quantitative estimate of drug-likeness (QED) is 0.714. The van der Waals surface area contributed by atoms with E-state index < -0.39 is 35.4 Å². The molecule has 2 amide bonds. The van der Waals surface area contributed by atoms with Gasteiger partial charge in [-0.15, -0.1) is 0 Å². The van der Waals surface area contributed by atoms with Crippen LogP contribution in [0.15, 0.2) is 24.3 Å². The van der Waals surface area contributed by atoms with Crippen molar-refractivity contribution in [2.24, 2.45) is 0 Å². The summed E-state index contributed by atoms with van der Waals surface area (Å²) in [5.74, 6) is -0.735. The zero-order chi connectivity index (χ0) is 23.4. The highest BCUT2D eigenvalue weighted by molar-refractivity contribution is 5.86. The maximum atomic E-state index is 13.9. The van der Waals surface area contributed by atoms with Crippen LogP contribution in [0.25, 0.3) is 0 Å². The molecule has 2 rings (SSSR count). The number of hydrogen-bond acceptors (Lipinski definition) is 5. The molecule has 8 heteroatoms. The van der Waals surface area contributed by atoms with Crippen molar-refractivity contribution >= 4 is 18.0 Å². The van der Waals surface area contributed by atoms with Crippen LogP contribution in [0.3, 0.4) is 0 Å². The number of nitrogens with zero attached hydrogens (tertiary/aromatic N) is 1. The van der Waals surface area contributed by atoms with Gasteiger partial charge in [-0.2, -0.15) is 0 Å². The maximum absolute atomic E-state index is 13.9. The minimum absolute atomic E-state index is 0.0557. The van der Waals surface area contributed by atoms with Crippen LogP contribution in [0, 0.1) is 0 Å². The van der Waals surface area contributed by atoms with E-state index in [1.165, 1.54) is 0 Å². The van der Waals surface area contributed by atoms with E-state index in [4.69, 9.17) is 9.47 Å². The van der Waals surface area contributed by atoms with E-state index >= 15 is 0 Å². The van der Waals surface area contributed by atoms with E-state index in [2.05, 4.69) is 5.32 Å². The number of likely N-dealkylation sites (tertiary alicyclic amines) is 1. The first kappa shape index (κ1) is 24.6. The zero-order valence-electron chi connectivity index (χ0n) is 19.2. The predicted octanol–water partition coefficient (Wildman–Crippen LogP) is 3.53. The van der Waals surface area contributed by atoms with Gasteiger partial charge in [0.2, 0.25) is 5.91 Å². The van der Waals surface area contributed by atoms with Gasteiger partial charge in [-0.25, -0.2) is 9.18 Å². The molecule has 1 N–H and O–H groups in total. The minimum Gasteiger partial charge on any atom is -0.460 e. The number of hydrogen-bond donors (Lipinski definition) is 1. The molecule has 1 aromatic rings. The standard InChI is InChI=1S/C23H33FN2O5/c1-22(2,3)30-19(27)11-15-7-9-16(10-8-15)13-25-20(28)18-12-17(24)14-26(18)21(29)31-23(4,5)6/h7-10,17-18H,11-14H2,1-6H3,(H,25,28)/t17-,18-/m0/s1. The molecule has 172 valence electrons. The van der Waals surface area contributed by atoms with Gasteiger partial charge >= 0.3 is 12.1 Å². The molecule has 7 nitrogen and oxygen atoms in total. The molecular weight excluding hydrogens is 403 g/mol. The largest absolute Gasteiger partial charge is 0.460 e. The number of carbonyl (C=O) groups is 3. The molecular formula is C23H33FN2O5. The second-order valence-corrected chi connectivity index (χ2v) is 9.78. The van der Waals surface area contributed by atoms with E-state index in [1.54, 1.807) is 45.0 Å². The molecule has 0 aliphatic carbocycles. The van der Waals surface area contributed by atoms with Gasteiger partial charge < -0.3 is 14.8 Å². The van der Waals surface area contributed by atoms with Gasteiger partial charge in [0.25, 0.3) is 0 Å². The number of carbonyl (C=O) groups excluding carboxylic acids is 3. The number of amides is 2. The molecule has 0 saturated carbocycles. The Morgan fingerprint density at radius 2 is 1.55 bits per heavy atom. The summed E-state index contributed by atoms with van der Waals surface area (Å²) < 4.78 is 24.5. The fourth-order valence-electron chi connectivity index (χ4n) is 3.18. The molecule has 0 aromatic heterocycles. The van der Waals surface area contributed by atoms with Crippen molar-refractivity contribution in [1.29, 1.82) is 0 Å². The van der Waals surface area contributed by atoms with Crippen LogP contribution in [0.1, 0.15) is 59.1 Å². The van der Waals surface area contributed by atoms with Crippen molar-refractivity contribution in [3.63, 3.8) is 0 Å². The van der Waals surface area contributed by atoms with Gasteiger partial charge in [0, 0.05) is 13.0 Å². The Morgan fingerprint density at radius 3 is 2.10 bits per heavy atom. The van der Waals surface area contributed by atoms with Crippen molar-refractivity contribution in [2.45, 2.75) is 84.3 Å². The van der Waals surface area contributed by atoms with Gasteiger partial charge in [-0.3, -0.25) is 14.5 Å². The molecule has 1 heterocycles. The molecule has 1 aromatic carbocycles. The van der Waals surface area contributed by atoms with E-state index in [9.17, 15) is 18.8 Å². The van der Waals surface area contributed by atoms with Crippen molar-refractivity contribution in [3.05, 3.63) is 35.4 Å². The van der Waals surface area contributed by atoms with Crippen molar-refractivity contribution in [3.8, 4) is 0 Å². The summed E-state index contributed by atoms with van der Waals surface area (Å²) in [5.41, 5.74) is 0.359. The van der Waals surface area contributed by atoms with Crippen LogP contribution in [0.5, 0.6) is 0 Å². The minimum atomic E-state index is -1.27.